The van der Waals surface area contributed by atoms with Crippen LogP contribution in [0.25, 0.3) is 5.69 Å². The van der Waals surface area contributed by atoms with Gasteiger partial charge in [-0.2, -0.15) is 0 Å². The van der Waals surface area contributed by atoms with Crippen molar-refractivity contribution in [3.8, 4) is 5.69 Å². The van der Waals surface area contributed by atoms with Crippen LogP contribution >= 0.6 is 23.2 Å². The van der Waals surface area contributed by atoms with E-state index in [9.17, 15) is 4.39 Å². The SMILES string of the molecule is COCCNc1nccn1-c1cc(Cl)c(F)c(Cl)c1. The predicted octanol–water partition coefficient (Wildman–Crippen LogP) is 3.38. The van der Waals surface area contributed by atoms with Gasteiger partial charge in [0.25, 0.3) is 0 Å². The zero-order valence-electron chi connectivity index (χ0n) is 10.2. The average Bonchev–Trinajstić information content (AvgIpc) is 2.84. The van der Waals surface area contributed by atoms with Crippen LogP contribution in [-0.2, 0) is 4.74 Å². The third-order valence-corrected chi connectivity index (χ3v) is 3.03. The first-order valence-electron chi connectivity index (χ1n) is 5.54. The second-order valence-electron chi connectivity index (χ2n) is 3.76. The van der Waals surface area contributed by atoms with Crippen molar-refractivity contribution in [1.82, 2.24) is 9.55 Å². The number of nitrogens with one attached hydrogen (secondary N) is 1. The number of aromatic nitrogens is 2. The van der Waals surface area contributed by atoms with E-state index >= 15 is 0 Å². The zero-order chi connectivity index (χ0) is 13.8. The predicted molar refractivity (Wildman–Crippen MR) is 73.9 cm³/mol. The average molecular weight is 304 g/mol. The Labute approximate surface area is 120 Å². The van der Waals surface area contributed by atoms with Gasteiger partial charge in [-0.25, -0.2) is 9.37 Å². The highest BCUT2D eigenvalue weighted by Gasteiger charge is 2.11. The Morgan fingerprint density at radius 2 is 2.05 bits per heavy atom. The normalized spacial score (nSPS) is 10.7. The summed E-state index contributed by atoms with van der Waals surface area (Å²) < 4.78 is 20.1. The highest BCUT2D eigenvalue weighted by molar-refractivity contribution is 6.35. The van der Waals surface area contributed by atoms with Gasteiger partial charge in [0.2, 0.25) is 5.95 Å². The van der Waals surface area contributed by atoms with Crippen LogP contribution in [0.5, 0.6) is 0 Å². The third-order valence-electron chi connectivity index (χ3n) is 2.48. The van der Waals surface area contributed by atoms with Gasteiger partial charge in [0.15, 0.2) is 5.82 Å². The van der Waals surface area contributed by atoms with Crippen molar-refractivity contribution in [2.75, 3.05) is 25.6 Å². The lowest BCUT2D eigenvalue weighted by molar-refractivity contribution is 0.210. The topological polar surface area (TPSA) is 39.1 Å². The fourth-order valence-electron chi connectivity index (χ4n) is 1.59. The molecule has 1 aromatic heterocycles. The first-order chi connectivity index (χ1) is 9.13. The molecule has 0 saturated heterocycles. The lowest BCUT2D eigenvalue weighted by Gasteiger charge is -2.10. The Morgan fingerprint density at radius 3 is 2.68 bits per heavy atom. The minimum Gasteiger partial charge on any atom is -0.383 e. The summed E-state index contributed by atoms with van der Waals surface area (Å²) in [5.41, 5.74) is 0.633. The molecule has 0 aliphatic heterocycles. The first-order valence-corrected chi connectivity index (χ1v) is 6.30. The van der Waals surface area contributed by atoms with Gasteiger partial charge in [-0.15, -0.1) is 0 Å². The summed E-state index contributed by atoms with van der Waals surface area (Å²) in [5.74, 6) is -0.0168. The quantitative estimate of drug-likeness (QED) is 0.680. The van der Waals surface area contributed by atoms with Crippen LogP contribution in [0.15, 0.2) is 24.5 Å². The lowest BCUT2D eigenvalue weighted by atomic mass is 10.3. The summed E-state index contributed by atoms with van der Waals surface area (Å²) in [6.07, 6.45) is 3.36. The molecule has 102 valence electrons. The van der Waals surface area contributed by atoms with Crippen molar-refractivity contribution < 1.29 is 9.13 Å². The number of halogens is 3. The van der Waals surface area contributed by atoms with E-state index in [4.69, 9.17) is 27.9 Å². The van der Waals surface area contributed by atoms with Crippen LogP contribution in [0.1, 0.15) is 0 Å². The molecule has 4 nitrogen and oxygen atoms in total. The van der Waals surface area contributed by atoms with Gasteiger partial charge < -0.3 is 10.1 Å². The third kappa shape index (κ3) is 3.18. The molecule has 0 aliphatic rings. The van der Waals surface area contributed by atoms with Crippen molar-refractivity contribution in [3.05, 3.63) is 40.4 Å². The number of anilines is 1. The number of hydrogen-bond donors (Lipinski definition) is 1. The molecule has 2 rings (SSSR count). The molecule has 0 atom stereocenters. The number of methoxy groups -OCH3 is 1. The second kappa shape index (κ2) is 6.23. The molecule has 0 fully saturated rings. The molecule has 0 radical (unpaired) electrons. The van der Waals surface area contributed by atoms with Crippen LogP contribution in [0.4, 0.5) is 10.3 Å². The molecular formula is C12H12Cl2FN3O. The second-order valence-corrected chi connectivity index (χ2v) is 4.58. The Hall–Kier alpha value is -1.30. The maximum atomic E-state index is 13.4. The molecule has 0 aliphatic carbocycles. The van der Waals surface area contributed by atoms with E-state index in [1.54, 1.807) is 24.1 Å². The van der Waals surface area contributed by atoms with E-state index in [1.807, 2.05) is 0 Å². The van der Waals surface area contributed by atoms with E-state index in [1.165, 1.54) is 12.1 Å². The smallest absolute Gasteiger partial charge is 0.207 e. The van der Waals surface area contributed by atoms with Gasteiger partial charge >= 0.3 is 0 Å². The maximum Gasteiger partial charge on any atom is 0.207 e. The Kier molecular flexibility index (Phi) is 4.63. The van der Waals surface area contributed by atoms with E-state index < -0.39 is 5.82 Å². The molecule has 1 heterocycles. The number of ether oxygens (including phenoxy) is 1. The molecule has 19 heavy (non-hydrogen) atoms. The monoisotopic (exact) mass is 303 g/mol. The van der Waals surface area contributed by atoms with Gasteiger partial charge in [-0.05, 0) is 12.1 Å². The molecule has 1 aromatic carbocycles. The fraction of sp³-hybridized carbons (Fsp3) is 0.250. The molecule has 7 heteroatoms. The summed E-state index contributed by atoms with van der Waals surface area (Å²) in [4.78, 5) is 4.16. The van der Waals surface area contributed by atoms with Gasteiger partial charge in [0, 0.05) is 26.0 Å². The Morgan fingerprint density at radius 1 is 1.37 bits per heavy atom. The van der Waals surface area contributed by atoms with Crippen LogP contribution in [-0.4, -0.2) is 29.8 Å². The van der Waals surface area contributed by atoms with E-state index in [2.05, 4.69) is 10.3 Å². The van der Waals surface area contributed by atoms with Crippen LogP contribution in [0.2, 0.25) is 10.0 Å². The molecule has 0 unspecified atom stereocenters. The van der Waals surface area contributed by atoms with Crippen LogP contribution in [0.3, 0.4) is 0 Å². The zero-order valence-corrected chi connectivity index (χ0v) is 11.7. The Balaban J connectivity index is 2.29. The Bertz CT molecular complexity index is 551. The summed E-state index contributed by atoms with van der Waals surface area (Å²) in [6.45, 7) is 1.16. The van der Waals surface area contributed by atoms with E-state index in [0.717, 1.165) is 0 Å². The molecule has 0 bridgehead atoms. The molecule has 0 spiro atoms. The van der Waals surface area contributed by atoms with Gasteiger partial charge in [-0.1, -0.05) is 23.2 Å². The number of hydrogen-bond acceptors (Lipinski definition) is 3. The molecular weight excluding hydrogens is 292 g/mol. The van der Waals surface area contributed by atoms with E-state index in [-0.39, 0.29) is 10.0 Å². The van der Waals surface area contributed by atoms with Gasteiger partial charge in [0.05, 0.1) is 22.3 Å². The van der Waals surface area contributed by atoms with E-state index in [0.29, 0.717) is 24.8 Å². The summed E-state index contributed by atoms with van der Waals surface area (Å²) in [5, 5.41) is 3.04. The summed E-state index contributed by atoms with van der Waals surface area (Å²) in [6, 6.07) is 2.98. The highest BCUT2D eigenvalue weighted by Crippen LogP contribution is 2.27. The maximum absolute atomic E-state index is 13.4. The first kappa shape index (κ1) is 14.1. The molecule has 2 aromatic rings. The number of rotatable bonds is 5. The van der Waals surface area contributed by atoms with Crippen molar-refractivity contribution in [1.29, 1.82) is 0 Å². The van der Waals surface area contributed by atoms with Crippen molar-refractivity contribution in [3.63, 3.8) is 0 Å². The minimum atomic E-state index is -0.624. The number of nitrogens with zero attached hydrogens (tertiary/aromatic N) is 2. The van der Waals surface area contributed by atoms with Gasteiger partial charge in [0.1, 0.15) is 0 Å². The van der Waals surface area contributed by atoms with Crippen molar-refractivity contribution in [2.24, 2.45) is 0 Å². The minimum absolute atomic E-state index is 0.0287. The standard InChI is InChI=1S/C12H12Cl2FN3O/c1-19-5-3-17-12-16-2-4-18(12)8-6-9(13)11(15)10(14)7-8/h2,4,6-7H,3,5H2,1H3,(H,16,17). The van der Waals surface area contributed by atoms with Crippen LogP contribution < -0.4 is 5.32 Å². The largest absolute Gasteiger partial charge is 0.383 e. The van der Waals surface area contributed by atoms with Crippen LogP contribution in [0, 0.1) is 5.82 Å². The molecule has 0 amide bonds. The molecule has 1 N–H and O–H groups in total. The molecule has 0 saturated carbocycles. The lowest BCUT2D eigenvalue weighted by Crippen LogP contribution is -2.11. The number of imidazole rings is 1. The highest BCUT2D eigenvalue weighted by atomic mass is 35.5. The summed E-state index contributed by atoms with van der Waals surface area (Å²) >= 11 is 11.6. The van der Waals surface area contributed by atoms with Crippen molar-refractivity contribution in [2.45, 2.75) is 0 Å². The van der Waals surface area contributed by atoms with Gasteiger partial charge in [-0.3, -0.25) is 4.57 Å². The van der Waals surface area contributed by atoms with Crippen molar-refractivity contribution >= 4 is 29.2 Å². The fourth-order valence-corrected chi connectivity index (χ4v) is 2.06. The number of benzene rings is 1. The summed E-state index contributed by atoms with van der Waals surface area (Å²) in [7, 11) is 1.62.